The molecule has 0 aromatic heterocycles. The summed E-state index contributed by atoms with van der Waals surface area (Å²) < 4.78 is 27.9. The van der Waals surface area contributed by atoms with Gasteiger partial charge in [0.25, 0.3) is 5.91 Å². The second kappa shape index (κ2) is 9.68. The van der Waals surface area contributed by atoms with E-state index in [1.54, 1.807) is 11.8 Å². The first-order valence-corrected chi connectivity index (χ1v) is 12.7. The summed E-state index contributed by atoms with van der Waals surface area (Å²) in [6, 6.07) is -0.609. The van der Waals surface area contributed by atoms with Crippen molar-refractivity contribution in [2.45, 2.75) is 76.3 Å². The number of rotatable bonds is 4. The summed E-state index contributed by atoms with van der Waals surface area (Å²) >= 11 is 0. The molecule has 3 atom stereocenters. The molecule has 0 radical (unpaired) electrons. The summed E-state index contributed by atoms with van der Waals surface area (Å²) in [5.41, 5.74) is -1.30. The van der Waals surface area contributed by atoms with Crippen LogP contribution in [0.2, 0.25) is 0 Å². The number of amides is 3. The Labute approximate surface area is 184 Å². The molecule has 3 amide bonds. The van der Waals surface area contributed by atoms with Gasteiger partial charge in [-0.1, -0.05) is 31.9 Å². The highest BCUT2D eigenvalue weighted by atomic mass is 32.2. The van der Waals surface area contributed by atoms with Crippen LogP contribution >= 0.6 is 0 Å². The molecule has 0 aromatic carbocycles. The van der Waals surface area contributed by atoms with E-state index in [4.69, 9.17) is 0 Å². The van der Waals surface area contributed by atoms with Gasteiger partial charge in [0, 0.05) is 32.5 Å². The van der Waals surface area contributed by atoms with Crippen molar-refractivity contribution in [1.29, 1.82) is 0 Å². The Morgan fingerprint density at radius 3 is 2.74 bits per heavy atom. The number of hydrogen-bond acceptors (Lipinski definition) is 5. The van der Waals surface area contributed by atoms with Gasteiger partial charge >= 0.3 is 10.2 Å². The molecule has 10 heteroatoms. The van der Waals surface area contributed by atoms with Crippen LogP contribution in [0.5, 0.6) is 0 Å². The van der Waals surface area contributed by atoms with Gasteiger partial charge in [0.05, 0.1) is 0 Å². The number of allylic oxidation sites excluding steroid dienone is 1. The molecule has 2 fully saturated rings. The summed E-state index contributed by atoms with van der Waals surface area (Å²) in [7, 11) is -2.60. The Kier molecular flexibility index (Phi) is 7.41. The molecule has 0 bridgehead atoms. The zero-order valence-corrected chi connectivity index (χ0v) is 19.2. The molecule has 1 aliphatic carbocycles. The van der Waals surface area contributed by atoms with E-state index in [-0.39, 0.29) is 24.3 Å². The van der Waals surface area contributed by atoms with E-state index >= 15 is 0 Å². The molecule has 9 nitrogen and oxygen atoms in total. The van der Waals surface area contributed by atoms with Gasteiger partial charge in [-0.2, -0.15) is 12.7 Å². The topological polar surface area (TPSA) is 116 Å². The van der Waals surface area contributed by atoms with E-state index in [0.29, 0.717) is 25.8 Å². The van der Waals surface area contributed by atoms with Gasteiger partial charge < -0.3 is 10.2 Å². The van der Waals surface area contributed by atoms with E-state index < -0.39 is 27.7 Å². The fourth-order valence-electron chi connectivity index (χ4n) is 4.37. The molecule has 174 valence electrons. The lowest BCUT2D eigenvalue weighted by Crippen LogP contribution is -2.57. The van der Waals surface area contributed by atoms with Gasteiger partial charge in [-0.15, -0.1) is 0 Å². The lowest BCUT2D eigenvalue weighted by atomic mass is 10.1. The molecule has 0 unspecified atom stereocenters. The predicted molar refractivity (Wildman–Crippen MR) is 116 cm³/mol. The minimum absolute atomic E-state index is 0.0244. The average Bonchev–Trinajstić information content (AvgIpc) is 3.19. The van der Waals surface area contributed by atoms with Gasteiger partial charge in [-0.25, -0.2) is 4.72 Å². The van der Waals surface area contributed by atoms with Crippen molar-refractivity contribution in [2.24, 2.45) is 5.92 Å². The van der Waals surface area contributed by atoms with Crippen molar-refractivity contribution in [3.8, 4) is 0 Å². The van der Waals surface area contributed by atoms with Crippen LogP contribution in [-0.4, -0.2) is 67.1 Å². The number of carbonyl (C=O) groups excluding carboxylic acids is 3. The van der Waals surface area contributed by atoms with Crippen molar-refractivity contribution >= 4 is 27.9 Å². The minimum Gasteiger partial charge on any atom is -0.339 e. The van der Waals surface area contributed by atoms with Crippen LogP contribution in [0.4, 0.5) is 0 Å². The Morgan fingerprint density at radius 2 is 2.00 bits per heavy atom. The molecule has 2 heterocycles. The number of hydrogen-bond donors (Lipinski definition) is 2. The Balaban J connectivity index is 1.82. The maximum Gasteiger partial charge on any atom is 0.303 e. The summed E-state index contributed by atoms with van der Waals surface area (Å²) in [6.07, 6.45) is 10.6. The molecular formula is C21H34N4O5S. The number of carbonyl (C=O) groups is 3. The van der Waals surface area contributed by atoms with Crippen LogP contribution < -0.4 is 10.0 Å². The van der Waals surface area contributed by atoms with Crippen molar-refractivity contribution in [3.05, 3.63) is 12.2 Å². The minimum atomic E-state index is -3.99. The van der Waals surface area contributed by atoms with Crippen LogP contribution in [-0.2, 0) is 24.6 Å². The first-order chi connectivity index (χ1) is 14.7. The number of fused-ring (bicyclic) bond motifs is 2. The van der Waals surface area contributed by atoms with Crippen molar-refractivity contribution in [2.75, 3.05) is 20.1 Å². The molecule has 1 saturated carbocycles. The molecule has 0 spiro atoms. The summed E-state index contributed by atoms with van der Waals surface area (Å²) in [5, 5.41) is 2.83. The first-order valence-electron chi connectivity index (χ1n) is 11.3. The van der Waals surface area contributed by atoms with Crippen molar-refractivity contribution < 1.29 is 22.8 Å². The number of nitrogens with one attached hydrogen (secondary N) is 2. The predicted octanol–water partition coefficient (Wildman–Crippen LogP) is 1.08. The summed E-state index contributed by atoms with van der Waals surface area (Å²) in [4.78, 5) is 40.4. The maximum absolute atomic E-state index is 13.1. The first kappa shape index (κ1) is 23.7. The third kappa shape index (κ3) is 5.28. The highest BCUT2D eigenvalue weighted by Crippen LogP contribution is 2.45. The second-order valence-electron chi connectivity index (χ2n) is 8.75. The highest BCUT2D eigenvalue weighted by molar-refractivity contribution is 7.87. The van der Waals surface area contributed by atoms with E-state index in [1.165, 1.54) is 7.05 Å². The monoisotopic (exact) mass is 454 g/mol. The highest BCUT2D eigenvalue weighted by Gasteiger charge is 2.61. The lowest BCUT2D eigenvalue weighted by Gasteiger charge is -2.27. The zero-order chi connectivity index (χ0) is 22.6. The normalized spacial score (nSPS) is 31.1. The maximum atomic E-state index is 13.1. The molecular weight excluding hydrogens is 420 g/mol. The third-order valence-corrected chi connectivity index (χ3v) is 8.12. The largest absolute Gasteiger partial charge is 0.339 e. The standard InChI is InChI=1S/C21H34N4O5S/c1-3-24(2)31(29,30)23-20(28)21-15-16(21)11-8-6-4-5-7-9-13-18(26)25-14-10-12-17(25)19(27)22-21/h8,11,16-17H,3-7,9-10,12-15H2,1-2H3,(H,22,27)(H,23,28)/b11-8-/t16-,17+,21-/m1/s1. The van der Waals surface area contributed by atoms with E-state index in [0.717, 1.165) is 42.8 Å². The van der Waals surface area contributed by atoms with E-state index in [2.05, 4.69) is 10.0 Å². The second-order valence-corrected chi connectivity index (χ2v) is 10.5. The molecule has 2 aliphatic heterocycles. The van der Waals surface area contributed by atoms with Gasteiger partial charge in [0.1, 0.15) is 11.6 Å². The number of nitrogens with zero attached hydrogens (tertiary/aromatic N) is 2. The van der Waals surface area contributed by atoms with Crippen LogP contribution in [0, 0.1) is 5.92 Å². The van der Waals surface area contributed by atoms with Crippen LogP contribution in [0.15, 0.2) is 12.2 Å². The van der Waals surface area contributed by atoms with Crippen molar-refractivity contribution in [3.63, 3.8) is 0 Å². The van der Waals surface area contributed by atoms with Gasteiger partial charge in [-0.3, -0.25) is 14.4 Å². The van der Waals surface area contributed by atoms with E-state index in [1.807, 2.05) is 12.2 Å². The van der Waals surface area contributed by atoms with Gasteiger partial charge in [0.15, 0.2) is 0 Å². The van der Waals surface area contributed by atoms with Crippen LogP contribution in [0.25, 0.3) is 0 Å². The zero-order valence-electron chi connectivity index (χ0n) is 18.4. The smallest absolute Gasteiger partial charge is 0.303 e. The van der Waals surface area contributed by atoms with Crippen molar-refractivity contribution in [1.82, 2.24) is 19.2 Å². The molecule has 0 aromatic rings. The van der Waals surface area contributed by atoms with E-state index in [9.17, 15) is 22.8 Å². The third-order valence-electron chi connectivity index (χ3n) is 6.60. The fourth-order valence-corrected chi connectivity index (χ4v) is 5.29. The molecule has 3 aliphatic rings. The van der Waals surface area contributed by atoms with Crippen LogP contribution in [0.1, 0.15) is 64.7 Å². The average molecular weight is 455 g/mol. The molecule has 31 heavy (non-hydrogen) atoms. The Hall–Kier alpha value is -1.94. The Morgan fingerprint density at radius 1 is 1.26 bits per heavy atom. The Bertz CT molecular complexity index is 843. The summed E-state index contributed by atoms with van der Waals surface area (Å²) in [6.45, 7) is 2.42. The molecule has 3 rings (SSSR count). The quantitative estimate of drug-likeness (QED) is 0.617. The van der Waals surface area contributed by atoms with Gasteiger partial charge in [-0.05, 0) is 38.5 Å². The lowest BCUT2D eigenvalue weighted by molar-refractivity contribution is -0.139. The fraction of sp³-hybridized carbons (Fsp3) is 0.762. The SMILES string of the molecule is CCN(C)S(=O)(=O)NC(=O)[C@@]12C[C@H]1/C=C\CCCCCCC(=O)N1CCC[C@H]1C(=O)N2. The van der Waals surface area contributed by atoms with Gasteiger partial charge in [0.2, 0.25) is 11.8 Å². The molecule has 1 saturated heterocycles. The van der Waals surface area contributed by atoms with Crippen LogP contribution in [0.3, 0.4) is 0 Å². The summed E-state index contributed by atoms with van der Waals surface area (Å²) in [5.74, 6) is -1.40. The molecule has 2 N–H and O–H groups in total.